The fourth-order valence-corrected chi connectivity index (χ4v) is 1.40. The molecule has 0 amide bonds. The van der Waals surface area contributed by atoms with Crippen molar-refractivity contribution in [3.63, 3.8) is 0 Å². The van der Waals surface area contributed by atoms with Crippen LogP contribution in [-0.2, 0) is 0 Å². The van der Waals surface area contributed by atoms with Crippen LogP contribution in [0.1, 0.15) is 10.4 Å². The molecule has 0 bridgehead atoms. The number of halogens is 1. The number of rotatable bonds is 0. The molecule has 4 heteroatoms. The second kappa shape index (κ2) is 2.79. The molecule has 0 N–H and O–H groups in total. The third-order valence-electron chi connectivity index (χ3n) is 1.65. The summed E-state index contributed by atoms with van der Waals surface area (Å²) in [4.78, 5) is 10.9. The zero-order valence-electron chi connectivity index (χ0n) is 6.07. The molecule has 1 aromatic carbocycles. The Morgan fingerprint density at radius 1 is 1.33 bits per heavy atom. The van der Waals surface area contributed by atoms with E-state index in [-0.39, 0.29) is 5.78 Å². The van der Waals surface area contributed by atoms with Crippen molar-refractivity contribution in [3.05, 3.63) is 29.8 Å². The van der Waals surface area contributed by atoms with Gasteiger partial charge in [-0.15, -0.1) is 0 Å². The minimum atomic E-state index is -0.507. The molecule has 1 aliphatic rings. The molecule has 0 saturated heterocycles. The highest BCUT2D eigenvalue weighted by molar-refractivity contribution is 9.10. The molecule has 0 aliphatic carbocycles. The van der Waals surface area contributed by atoms with Gasteiger partial charge in [-0.3, -0.25) is 4.79 Å². The van der Waals surface area contributed by atoms with E-state index in [1.54, 1.807) is 12.1 Å². The summed E-state index contributed by atoms with van der Waals surface area (Å²) in [6.45, 7) is 0. The lowest BCUT2D eigenvalue weighted by atomic mass is 10.1. The first kappa shape index (κ1) is 7.61. The van der Waals surface area contributed by atoms with Crippen molar-refractivity contribution in [3.8, 4) is 0 Å². The molecule has 1 unspecified atom stereocenters. The van der Waals surface area contributed by atoms with Crippen LogP contribution in [0.5, 0.6) is 0 Å². The number of nitrogens with zero attached hydrogens (tertiary/aromatic N) is 2. The van der Waals surface area contributed by atoms with Gasteiger partial charge >= 0.3 is 0 Å². The monoisotopic (exact) mass is 224 g/mol. The summed E-state index contributed by atoms with van der Waals surface area (Å²) >= 11 is 3.11. The molecule has 12 heavy (non-hydrogen) atoms. The van der Waals surface area contributed by atoms with Crippen LogP contribution in [0.2, 0.25) is 0 Å². The minimum Gasteiger partial charge on any atom is -0.291 e. The van der Waals surface area contributed by atoms with Crippen LogP contribution in [0.4, 0.5) is 5.69 Å². The second-order valence-corrected chi connectivity index (χ2v) is 3.30. The summed E-state index contributed by atoms with van der Waals surface area (Å²) in [5, 5.41) is 7.63. The number of carbonyl (C=O) groups is 1. The smallest absolute Gasteiger partial charge is 0.202 e. The maximum Gasteiger partial charge on any atom is 0.202 e. The van der Waals surface area contributed by atoms with Crippen molar-refractivity contribution in [2.24, 2.45) is 10.2 Å². The molecule has 0 radical (unpaired) electrons. The normalized spacial score (nSPS) is 20.8. The van der Waals surface area contributed by atoms with E-state index in [2.05, 4.69) is 26.2 Å². The molecule has 1 aliphatic heterocycles. The van der Waals surface area contributed by atoms with E-state index in [0.717, 1.165) is 0 Å². The summed E-state index contributed by atoms with van der Waals surface area (Å²) in [7, 11) is 0. The molecule has 0 spiro atoms. The number of carbonyl (C=O) groups excluding carboxylic acids is 1. The maximum absolute atomic E-state index is 11.4. The van der Waals surface area contributed by atoms with Crippen molar-refractivity contribution >= 4 is 27.4 Å². The molecule has 3 nitrogen and oxygen atoms in total. The Balaban J connectivity index is 2.59. The van der Waals surface area contributed by atoms with Gasteiger partial charge in [-0.25, -0.2) is 0 Å². The third kappa shape index (κ3) is 1.08. The molecular weight excluding hydrogens is 220 g/mol. The standard InChI is InChI=1S/C8H5BrN2O/c9-8-7(12)5-3-1-2-4-6(5)10-11-8/h1-4,8H. The van der Waals surface area contributed by atoms with Crippen molar-refractivity contribution in [1.29, 1.82) is 0 Å². The molecule has 2 rings (SSSR count). The van der Waals surface area contributed by atoms with E-state index in [1.807, 2.05) is 12.1 Å². The first-order chi connectivity index (χ1) is 5.79. The maximum atomic E-state index is 11.4. The van der Waals surface area contributed by atoms with Gasteiger partial charge in [0.25, 0.3) is 0 Å². The van der Waals surface area contributed by atoms with Crippen LogP contribution < -0.4 is 0 Å². The Kier molecular flexibility index (Phi) is 1.77. The van der Waals surface area contributed by atoms with Crippen LogP contribution in [-0.4, -0.2) is 10.7 Å². The zero-order valence-corrected chi connectivity index (χ0v) is 7.65. The number of hydrogen-bond donors (Lipinski definition) is 0. The Morgan fingerprint density at radius 3 is 2.92 bits per heavy atom. The average Bonchev–Trinajstić information content (AvgIpc) is 2.12. The van der Waals surface area contributed by atoms with E-state index in [0.29, 0.717) is 11.3 Å². The SMILES string of the molecule is O=C1c2ccccc2N=NC1Br. The molecule has 1 heterocycles. The zero-order chi connectivity index (χ0) is 8.55. The lowest BCUT2D eigenvalue weighted by Gasteiger charge is -2.10. The number of hydrogen-bond acceptors (Lipinski definition) is 3. The van der Waals surface area contributed by atoms with E-state index >= 15 is 0 Å². The lowest BCUT2D eigenvalue weighted by molar-refractivity contribution is 0.0989. The van der Waals surface area contributed by atoms with Crippen molar-refractivity contribution in [2.45, 2.75) is 4.95 Å². The van der Waals surface area contributed by atoms with E-state index < -0.39 is 4.95 Å². The Bertz CT molecular complexity index is 362. The quantitative estimate of drug-likeness (QED) is 0.494. The van der Waals surface area contributed by atoms with Crippen LogP contribution >= 0.6 is 15.9 Å². The van der Waals surface area contributed by atoms with Gasteiger partial charge in [-0.1, -0.05) is 28.1 Å². The van der Waals surface area contributed by atoms with Gasteiger partial charge in [0.1, 0.15) is 0 Å². The van der Waals surface area contributed by atoms with Gasteiger partial charge in [0.2, 0.25) is 5.78 Å². The van der Waals surface area contributed by atoms with Crippen LogP contribution in [0.15, 0.2) is 34.5 Å². The molecule has 0 aromatic heterocycles. The molecule has 1 aromatic rings. The predicted octanol–water partition coefficient (Wildman–Crippen LogP) is 2.69. The van der Waals surface area contributed by atoms with Crippen molar-refractivity contribution in [2.75, 3.05) is 0 Å². The van der Waals surface area contributed by atoms with Gasteiger partial charge in [-0.05, 0) is 12.1 Å². The van der Waals surface area contributed by atoms with Gasteiger partial charge in [0.15, 0.2) is 4.95 Å². The molecule has 0 fully saturated rings. The van der Waals surface area contributed by atoms with Crippen molar-refractivity contribution in [1.82, 2.24) is 0 Å². The number of Topliss-reactive ketones (excluding diaryl/α,β-unsaturated/α-hetero) is 1. The highest BCUT2D eigenvalue weighted by Gasteiger charge is 2.22. The Morgan fingerprint density at radius 2 is 2.08 bits per heavy atom. The summed E-state index contributed by atoms with van der Waals surface area (Å²) in [6.07, 6.45) is 0. The summed E-state index contributed by atoms with van der Waals surface area (Å²) in [5.74, 6) is -0.0272. The fraction of sp³-hybridized carbons (Fsp3) is 0.125. The van der Waals surface area contributed by atoms with E-state index in [1.165, 1.54) is 0 Å². The summed E-state index contributed by atoms with van der Waals surface area (Å²) in [5.41, 5.74) is 1.28. The topological polar surface area (TPSA) is 41.8 Å². The van der Waals surface area contributed by atoms with Crippen LogP contribution in [0.25, 0.3) is 0 Å². The van der Waals surface area contributed by atoms with Crippen LogP contribution in [0.3, 0.4) is 0 Å². The van der Waals surface area contributed by atoms with E-state index in [9.17, 15) is 4.79 Å². The summed E-state index contributed by atoms with van der Waals surface area (Å²) < 4.78 is 0. The highest BCUT2D eigenvalue weighted by atomic mass is 79.9. The minimum absolute atomic E-state index is 0.0272. The van der Waals surface area contributed by atoms with Gasteiger partial charge in [0, 0.05) is 5.56 Å². The number of fused-ring (bicyclic) bond motifs is 1. The first-order valence-electron chi connectivity index (χ1n) is 3.47. The highest BCUT2D eigenvalue weighted by Crippen LogP contribution is 2.27. The largest absolute Gasteiger partial charge is 0.291 e. The third-order valence-corrected chi connectivity index (χ3v) is 2.25. The number of ketones is 1. The molecular formula is C8H5BrN2O. The van der Waals surface area contributed by atoms with Gasteiger partial charge in [-0.2, -0.15) is 10.2 Å². The van der Waals surface area contributed by atoms with Gasteiger partial charge < -0.3 is 0 Å². The number of benzene rings is 1. The van der Waals surface area contributed by atoms with Crippen LogP contribution in [0, 0.1) is 0 Å². The molecule has 60 valence electrons. The Labute approximate surface area is 77.6 Å². The predicted molar refractivity (Wildman–Crippen MR) is 48.0 cm³/mol. The van der Waals surface area contributed by atoms with Crippen molar-refractivity contribution < 1.29 is 4.79 Å². The van der Waals surface area contributed by atoms with E-state index in [4.69, 9.17) is 0 Å². The summed E-state index contributed by atoms with van der Waals surface area (Å²) in [6, 6.07) is 7.18. The Hall–Kier alpha value is -1.03. The lowest BCUT2D eigenvalue weighted by Crippen LogP contribution is -2.14. The average molecular weight is 225 g/mol. The fourth-order valence-electron chi connectivity index (χ4n) is 1.06. The number of alkyl halides is 1. The second-order valence-electron chi connectivity index (χ2n) is 2.43. The number of azo groups is 1. The van der Waals surface area contributed by atoms with Gasteiger partial charge in [0.05, 0.1) is 5.69 Å². The first-order valence-corrected chi connectivity index (χ1v) is 4.39. The molecule has 0 saturated carbocycles. The molecule has 1 atom stereocenters.